The summed E-state index contributed by atoms with van der Waals surface area (Å²) in [5.74, 6) is -1.10. The van der Waals surface area contributed by atoms with Crippen LogP contribution in [0.4, 0.5) is 5.69 Å². The van der Waals surface area contributed by atoms with Crippen LogP contribution in [0.15, 0.2) is 108 Å². The first-order chi connectivity index (χ1) is 20.1. The minimum atomic E-state index is -4.26. The highest BCUT2D eigenvalue weighted by molar-refractivity contribution is 7.92. The molecule has 0 radical (unpaired) electrons. The van der Waals surface area contributed by atoms with Gasteiger partial charge in [0.25, 0.3) is 10.0 Å². The second-order valence-electron chi connectivity index (χ2n) is 9.32. The number of carbonyl (C=O) groups excluding carboxylic acids is 2. The number of halogens is 3. The molecular weight excluding hydrogens is 617 g/mol. The van der Waals surface area contributed by atoms with E-state index in [4.69, 9.17) is 34.8 Å². The van der Waals surface area contributed by atoms with Gasteiger partial charge < -0.3 is 10.2 Å². The van der Waals surface area contributed by atoms with Gasteiger partial charge in [0, 0.05) is 35.6 Å². The van der Waals surface area contributed by atoms with E-state index in [1.54, 1.807) is 54.6 Å². The summed E-state index contributed by atoms with van der Waals surface area (Å²) in [7, 11) is -2.78. The quantitative estimate of drug-likeness (QED) is 0.210. The monoisotopic (exact) mass is 643 g/mol. The smallest absolute Gasteiger partial charge is 0.264 e. The second-order valence-corrected chi connectivity index (χ2v) is 12.4. The molecule has 1 N–H and O–H groups in total. The Hall–Kier alpha value is -3.56. The fourth-order valence-corrected chi connectivity index (χ4v) is 6.72. The molecule has 42 heavy (non-hydrogen) atoms. The van der Waals surface area contributed by atoms with E-state index >= 15 is 0 Å². The average Bonchev–Trinajstić information content (AvgIpc) is 2.99. The molecule has 0 aromatic heterocycles. The predicted octanol–water partition coefficient (Wildman–Crippen LogP) is 6.23. The fourth-order valence-electron chi connectivity index (χ4n) is 4.46. The molecule has 4 aromatic rings. The third-order valence-corrected chi connectivity index (χ3v) is 9.44. The van der Waals surface area contributed by atoms with Crippen LogP contribution in [0.3, 0.4) is 0 Å². The third kappa shape index (κ3) is 7.25. The largest absolute Gasteiger partial charge is 0.357 e. The lowest BCUT2D eigenvalue weighted by atomic mass is 10.0. The van der Waals surface area contributed by atoms with Gasteiger partial charge >= 0.3 is 0 Å². The van der Waals surface area contributed by atoms with E-state index < -0.39 is 34.4 Å². The lowest BCUT2D eigenvalue weighted by Gasteiger charge is -2.34. The highest BCUT2D eigenvalue weighted by Crippen LogP contribution is 2.32. The molecule has 0 fully saturated rings. The molecule has 0 saturated heterocycles. The zero-order chi connectivity index (χ0) is 30.3. The van der Waals surface area contributed by atoms with E-state index in [2.05, 4.69) is 5.32 Å². The number of amides is 2. The Morgan fingerprint density at radius 3 is 1.90 bits per heavy atom. The Labute approximate surface area is 260 Å². The van der Waals surface area contributed by atoms with Crippen LogP contribution in [-0.4, -0.2) is 44.8 Å². The SMILES string of the molecule is CNC(=O)[C@@H](Cc1ccccc1)N(Cc1c(Cl)cccc1Cl)C(=O)CN(c1ccccc1Cl)S(=O)(=O)c1ccccc1. The van der Waals surface area contributed by atoms with Gasteiger partial charge in [0.05, 0.1) is 15.6 Å². The van der Waals surface area contributed by atoms with Crippen molar-refractivity contribution in [1.29, 1.82) is 0 Å². The molecule has 0 unspecified atom stereocenters. The summed E-state index contributed by atoms with van der Waals surface area (Å²) in [6, 6.07) is 27.2. The number of para-hydroxylation sites is 1. The van der Waals surface area contributed by atoms with E-state index in [1.807, 2.05) is 30.3 Å². The van der Waals surface area contributed by atoms with E-state index in [1.165, 1.54) is 30.1 Å². The lowest BCUT2D eigenvalue weighted by molar-refractivity contribution is -0.139. The van der Waals surface area contributed by atoms with Gasteiger partial charge in [-0.2, -0.15) is 0 Å². The summed E-state index contributed by atoms with van der Waals surface area (Å²) in [6.45, 7) is -0.796. The highest BCUT2D eigenvalue weighted by atomic mass is 35.5. The van der Waals surface area contributed by atoms with E-state index in [0.29, 0.717) is 15.6 Å². The van der Waals surface area contributed by atoms with Gasteiger partial charge in [-0.3, -0.25) is 13.9 Å². The number of likely N-dealkylation sites (N-methyl/N-ethyl adjacent to an activating group) is 1. The summed E-state index contributed by atoms with van der Waals surface area (Å²) in [6.07, 6.45) is 0.159. The number of benzene rings is 4. The summed E-state index contributed by atoms with van der Waals surface area (Å²) in [5.41, 5.74) is 1.34. The van der Waals surface area contributed by atoms with Crippen molar-refractivity contribution >= 4 is 62.3 Å². The van der Waals surface area contributed by atoms with Crippen LogP contribution in [0.1, 0.15) is 11.1 Å². The van der Waals surface area contributed by atoms with Crippen molar-refractivity contribution in [2.24, 2.45) is 0 Å². The normalized spacial score (nSPS) is 11.9. The van der Waals surface area contributed by atoms with Gasteiger partial charge in [-0.05, 0) is 42.0 Å². The molecule has 0 aliphatic rings. The molecule has 7 nitrogen and oxygen atoms in total. The zero-order valence-electron chi connectivity index (χ0n) is 22.6. The van der Waals surface area contributed by atoms with Crippen molar-refractivity contribution in [3.8, 4) is 0 Å². The number of rotatable bonds is 11. The Morgan fingerprint density at radius 2 is 1.31 bits per heavy atom. The van der Waals surface area contributed by atoms with Gasteiger partial charge in [0.2, 0.25) is 11.8 Å². The minimum absolute atomic E-state index is 0.0226. The first-order valence-corrected chi connectivity index (χ1v) is 15.5. The van der Waals surface area contributed by atoms with Crippen molar-refractivity contribution in [3.63, 3.8) is 0 Å². The molecule has 2 amide bonds. The van der Waals surface area contributed by atoms with Crippen molar-refractivity contribution in [2.45, 2.75) is 23.9 Å². The molecule has 218 valence electrons. The third-order valence-electron chi connectivity index (χ3n) is 6.64. The molecule has 0 aliphatic heterocycles. The van der Waals surface area contributed by atoms with E-state index in [-0.39, 0.29) is 28.6 Å². The van der Waals surface area contributed by atoms with Gasteiger partial charge in [0.1, 0.15) is 12.6 Å². The summed E-state index contributed by atoms with van der Waals surface area (Å²) < 4.78 is 28.8. The Balaban J connectivity index is 1.82. The van der Waals surface area contributed by atoms with Gasteiger partial charge in [-0.15, -0.1) is 0 Å². The van der Waals surface area contributed by atoms with Crippen LogP contribution >= 0.6 is 34.8 Å². The van der Waals surface area contributed by atoms with Crippen LogP contribution in [0.5, 0.6) is 0 Å². The molecular formula is C31H28Cl3N3O4S. The summed E-state index contributed by atoms with van der Waals surface area (Å²) in [5, 5.41) is 3.37. The highest BCUT2D eigenvalue weighted by Gasteiger charge is 2.35. The summed E-state index contributed by atoms with van der Waals surface area (Å²) in [4.78, 5) is 28.9. The van der Waals surface area contributed by atoms with Gasteiger partial charge in [-0.25, -0.2) is 8.42 Å². The maximum Gasteiger partial charge on any atom is 0.264 e. The van der Waals surface area contributed by atoms with Crippen LogP contribution < -0.4 is 9.62 Å². The molecule has 4 rings (SSSR count). The molecule has 0 saturated carbocycles. The van der Waals surface area contributed by atoms with Crippen molar-refractivity contribution < 1.29 is 18.0 Å². The molecule has 1 atom stereocenters. The number of hydrogen-bond acceptors (Lipinski definition) is 4. The zero-order valence-corrected chi connectivity index (χ0v) is 25.7. The van der Waals surface area contributed by atoms with Gasteiger partial charge in [-0.1, -0.05) is 102 Å². The number of hydrogen-bond donors (Lipinski definition) is 1. The number of carbonyl (C=O) groups is 2. The van der Waals surface area contributed by atoms with Crippen LogP contribution in [0.25, 0.3) is 0 Å². The first kappa shape index (κ1) is 31.4. The van der Waals surface area contributed by atoms with Crippen molar-refractivity contribution in [1.82, 2.24) is 10.2 Å². The Kier molecular flexibility index (Phi) is 10.5. The van der Waals surface area contributed by atoms with E-state index in [0.717, 1.165) is 9.87 Å². The molecule has 0 heterocycles. The van der Waals surface area contributed by atoms with Crippen molar-refractivity contribution in [3.05, 3.63) is 129 Å². The Morgan fingerprint density at radius 1 is 0.762 bits per heavy atom. The Bertz CT molecular complexity index is 1630. The number of nitrogens with zero attached hydrogens (tertiary/aromatic N) is 2. The van der Waals surface area contributed by atoms with Crippen LogP contribution in [0, 0.1) is 0 Å². The van der Waals surface area contributed by atoms with Crippen LogP contribution in [-0.2, 0) is 32.6 Å². The number of nitrogens with one attached hydrogen (secondary N) is 1. The standard InChI is InChI=1S/C31H28Cl3N3O4S/c1-35-31(39)29(19-22-11-4-2-5-12-22)36(20-24-25(32)16-10-17-26(24)33)30(38)21-37(28-18-9-8-15-27(28)34)42(40,41)23-13-6-3-7-14-23/h2-18,29H,19-21H2,1H3,(H,35,39)/t29-/m1/s1. The lowest BCUT2D eigenvalue weighted by Crippen LogP contribution is -2.53. The van der Waals surface area contributed by atoms with Gasteiger partial charge in [0.15, 0.2) is 0 Å². The minimum Gasteiger partial charge on any atom is -0.357 e. The maximum absolute atomic E-state index is 14.3. The fraction of sp³-hybridized carbons (Fsp3) is 0.161. The molecule has 0 spiro atoms. The topological polar surface area (TPSA) is 86.8 Å². The van der Waals surface area contributed by atoms with Crippen molar-refractivity contribution in [2.75, 3.05) is 17.9 Å². The number of sulfonamides is 1. The molecule has 11 heteroatoms. The molecule has 0 aliphatic carbocycles. The van der Waals surface area contributed by atoms with Crippen LogP contribution in [0.2, 0.25) is 15.1 Å². The predicted molar refractivity (Wildman–Crippen MR) is 167 cm³/mol. The maximum atomic E-state index is 14.3. The molecule has 0 bridgehead atoms. The first-order valence-electron chi connectivity index (χ1n) is 12.9. The average molecular weight is 645 g/mol. The second kappa shape index (κ2) is 14.1. The number of anilines is 1. The van der Waals surface area contributed by atoms with E-state index in [9.17, 15) is 18.0 Å². The molecule has 4 aromatic carbocycles. The summed E-state index contributed by atoms with van der Waals surface area (Å²) >= 11 is 19.4.